The zero-order chi connectivity index (χ0) is 52.2. The van der Waals surface area contributed by atoms with Crippen molar-refractivity contribution in [3.8, 4) is 0 Å². The number of carbonyl (C=O) groups excluding carboxylic acids is 3. The van der Waals surface area contributed by atoms with Crippen LogP contribution in [0.2, 0.25) is 0 Å². The molecule has 0 bridgehead atoms. The number of ether oxygens (including phenoxy) is 3. The van der Waals surface area contributed by atoms with E-state index in [-0.39, 0.29) is 31.6 Å². The van der Waals surface area contributed by atoms with Crippen molar-refractivity contribution in [3.63, 3.8) is 0 Å². The minimum atomic E-state index is -0.824. The molecule has 0 heterocycles. The number of esters is 3. The molecule has 418 valence electrons. The standard InChI is InChI=1S/C66H118O6/c1-4-7-10-13-16-19-21-23-25-26-27-28-29-30-31-32-33-34-35-36-37-38-39-40-42-43-45-47-50-53-56-59-65(68)71-62-63(61-70-64(67)58-55-52-49-18-15-12-9-6-3)72-66(69)60-57-54-51-48-46-44-41-24-22-20-17-14-11-8-5-2/h8,11,17,20,24,41,46,48,54,57,63H,4-7,9-10,12-16,18-19,21-23,25-40,42-45,47,49-53,55-56,58-62H2,1-3H3/b11-8-,20-17-,41-24-,48-46-,57-54-. The Kier molecular flexibility index (Phi) is 58.2. The molecule has 0 aromatic heterocycles. The summed E-state index contributed by atoms with van der Waals surface area (Å²) >= 11 is 0. The summed E-state index contributed by atoms with van der Waals surface area (Å²) < 4.78 is 16.7. The maximum atomic E-state index is 12.7. The van der Waals surface area contributed by atoms with Crippen molar-refractivity contribution in [2.24, 2.45) is 0 Å². The summed E-state index contributed by atoms with van der Waals surface area (Å²) in [6, 6.07) is 0. The number of hydrogen-bond acceptors (Lipinski definition) is 6. The van der Waals surface area contributed by atoms with Gasteiger partial charge in [0.1, 0.15) is 13.2 Å². The molecule has 0 saturated heterocycles. The van der Waals surface area contributed by atoms with E-state index in [1.54, 1.807) is 6.08 Å². The molecule has 0 amide bonds. The number of hydrogen-bond donors (Lipinski definition) is 0. The topological polar surface area (TPSA) is 78.9 Å². The van der Waals surface area contributed by atoms with Crippen molar-refractivity contribution >= 4 is 17.9 Å². The van der Waals surface area contributed by atoms with Gasteiger partial charge in [0.05, 0.1) is 6.42 Å². The fraction of sp³-hybridized carbons (Fsp3) is 0.803. The molecular formula is C66H118O6. The average Bonchev–Trinajstić information content (AvgIpc) is 3.38. The molecule has 1 unspecified atom stereocenters. The summed E-state index contributed by atoms with van der Waals surface area (Å²) in [5, 5.41) is 0. The third kappa shape index (κ3) is 58.0. The second kappa shape index (κ2) is 60.7. The Balaban J connectivity index is 4.07. The summed E-state index contributed by atoms with van der Waals surface area (Å²) in [4.78, 5) is 37.9. The van der Waals surface area contributed by atoms with E-state index in [9.17, 15) is 14.4 Å². The Morgan fingerprint density at radius 2 is 0.528 bits per heavy atom. The Hall–Kier alpha value is -2.89. The van der Waals surface area contributed by atoms with Crippen molar-refractivity contribution in [1.82, 2.24) is 0 Å². The molecule has 0 aliphatic rings. The van der Waals surface area contributed by atoms with Crippen LogP contribution in [0.15, 0.2) is 60.8 Å². The van der Waals surface area contributed by atoms with Gasteiger partial charge in [0.25, 0.3) is 0 Å². The molecule has 0 aliphatic carbocycles. The van der Waals surface area contributed by atoms with E-state index >= 15 is 0 Å². The highest BCUT2D eigenvalue weighted by Gasteiger charge is 2.19. The van der Waals surface area contributed by atoms with E-state index in [1.165, 1.54) is 212 Å². The molecule has 0 fully saturated rings. The largest absolute Gasteiger partial charge is 0.462 e. The lowest BCUT2D eigenvalue weighted by atomic mass is 10.0. The van der Waals surface area contributed by atoms with E-state index in [0.29, 0.717) is 12.8 Å². The second-order valence-electron chi connectivity index (χ2n) is 21.0. The minimum absolute atomic E-state index is 0.101. The zero-order valence-corrected chi connectivity index (χ0v) is 47.9. The molecule has 0 saturated carbocycles. The zero-order valence-electron chi connectivity index (χ0n) is 47.9. The third-order valence-corrected chi connectivity index (χ3v) is 13.8. The van der Waals surface area contributed by atoms with Gasteiger partial charge in [-0.3, -0.25) is 14.4 Å². The molecule has 72 heavy (non-hydrogen) atoms. The van der Waals surface area contributed by atoms with Gasteiger partial charge in [-0.15, -0.1) is 0 Å². The number of unbranched alkanes of at least 4 members (excludes halogenated alkanes) is 37. The molecule has 0 radical (unpaired) electrons. The van der Waals surface area contributed by atoms with Gasteiger partial charge in [0.15, 0.2) is 6.10 Å². The van der Waals surface area contributed by atoms with Crippen LogP contribution in [-0.2, 0) is 28.6 Å². The van der Waals surface area contributed by atoms with Gasteiger partial charge in [-0.2, -0.15) is 0 Å². The smallest absolute Gasteiger partial charge is 0.310 e. The predicted octanol–water partition coefficient (Wildman–Crippen LogP) is 21.2. The Labute approximate surface area is 447 Å². The van der Waals surface area contributed by atoms with Crippen molar-refractivity contribution in [3.05, 3.63) is 60.8 Å². The highest BCUT2D eigenvalue weighted by molar-refractivity contribution is 5.72. The van der Waals surface area contributed by atoms with Crippen molar-refractivity contribution in [1.29, 1.82) is 0 Å². The van der Waals surface area contributed by atoms with Gasteiger partial charge in [0.2, 0.25) is 0 Å². The van der Waals surface area contributed by atoms with Crippen LogP contribution < -0.4 is 0 Å². The lowest BCUT2D eigenvalue weighted by Crippen LogP contribution is -2.30. The van der Waals surface area contributed by atoms with Crippen LogP contribution in [0, 0.1) is 0 Å². The monoisotopic (exact) mass is 1010 g/mol. The molecule has 0 spiro atoms. The summed E-state index contributed by atoms with van der Waals surface area (Å²) in [7, 11) is 0. The maximum absolute atomic E-state index is 12.7. The van der Waals surface area contributed by atoms with Crippen LogP contribution in [0.3, 0.4) is 0 Å². The fourth-order valence-corrected chi connectivity index (χ4v) is 9.17. The van der Waals surface area contributed by atoms with Gasteiger partial charge < -0.3 is 14.2 Å². The minimum Gasteiger partial charge on any atom is -0.462 e. The normalized spacial score (nSPS) is 12.4. The second-order valence-corrected chi connectivity index (χ2v) is 21.0. The number of allylic oxidation sites excluding steroid dienone is 9. The molecule has 0 N–H and O–H groups in total. The highest BCUT2D eigenvalue weighted by atomic mass is 16.6. The van der Waals surface area contributed by atoms with E-state index in [2.05, 4.69) is 69.4 Å². The van der Waals surface area contributed by atoms with Crippen LogP contribution in [0.4, 0.5) is 0 Å². The number of rotatable bonds is 57. The summed E-state index contributed by atoms with van der Waals surface area (Å²) in [6.07, 6.45) is 77.3. The van der Waals surface area contributed by atoms with E-state index in [1.807, 2.05) is 6.08 Å². The highest BCUT2D eigenvalue weighted by Crippen LogP contribution is 2.18. The molecule has 6 heteroatoms. The van der Waals surface area contributed by atoms with Gasteiger partial charge in [0, 0.05) is 12.8 Å². The van der Waals surface area contributed by atoms with Crippen molar-refractivity contribution in [2.45, 2.75) is 329 Å². The van der Waals surface area contributed by atoms with Crippen LogP contribution >= 0.6 is 0 Å². The van der Waals surface area contributed by atoms with E-state index in [4.69, 9.17) is 14.2 Å². The molecule has 0 aromatic carbocycles. The maximum Gasteiger partial charge on any atom is 0.310 e. The SMILES string of the molecule is CC/C=C\C/C=C\C/C=C\C/C=C\C/C=C\CC(=O)OC(COC(=O)CCCCCCCCCC)COC(=O)CCCCCCCCCCCCCCCCCCCCCCCCCCCCCCCCC. The van der Waals surface area contributed by atoms with E-state index < -0.39 is 12.1 Å². The molecular weight excluding hydrogens is 889 g/mol. The molecule has 0 aliphatic heterocycles. The predicted molar refractivity (Wildman–Crippen MR) is 312 cm³/mol. The van der Waals surface area contributed by atoms with Gasteiger partial charge in [-0.05, 0) is 44.9 Å². The third-order valence-electron chi connectivity index (χ3n) is 13.8. The summed E-state index contributed by atoms with van der Waals surface area (Å²) in [6.45, 7) is 6.45. The van der Waals surface area contributed by atoms with Crippen LogP contribution in [0.5, 0.6) is 0 Å². The van der Waals surface area contributed by atoms with Crippen molar-refractivity contribution < 1.29 is 28.6 Å². The summed E-state index contributed by atoms with van der Waals surface area (Å²) in [5.41, 5.74) is 0. The quantitative estimate of drug-likeness (QED) is 0.0261. The fourth-order valence-electron chi connectivity index (χ4n) is 9.17. The first-order valence-corrected chi connectivity index (χ1v) is 31.3. The first kappa shape index (κ1) is 69.1. The molecule has 0 rings (SSSR count). The first-order valence-electron chi connectivity index (χ1n) is 31.3. The van der Waals surface area contributed by atoms with Crippen LogP contribution in [-0.4, -0.2) is 37.2 Å². The Bertz CT molecular complexity index is 1290. The summed E-state index contributed by atoms with van der Waals surface area (Å²) in [5.74, 6) is -1.03. The van der Waals surface area contributed by atoms with Crippen LogP contribution in [0.1, 0.15) is 323 Å². The van der Waals surface area contributed by atoms with E-state index in [0.717, 1.165) is 70.6 Å². The lowest BCUT2D eigenvalue weighted by molar-refractivity contribution is -0.166. The lowest BCUT2D eigenvalue weighted by Gasteiger charge is -2.18. The average molecular weight is 1010 g/mol. The van der Waals surface area contributed by atoms with Gasteiger partial charge >= 0.3 is 17.9 Å². The first-order chi connectivity index (χ1) is 35.5. The number of carbonyl (C=O) groups is 3. The Morgan fingerprint density at radius 1 is 0.292 bits per heavy atom. The molecule has 1 atom stereocenters. The van der Waals surface area contributed by atoms with Gasteiger partial charge in [-0.1, -0.05) is 319 Å². The molecule has 6 nitrogen and oxygen atoms in total. The molecule has 0 aromatic rings. The van der Waals surface area contributed by atoms with Crippen LogP contribution in [0.25, 0.3) is 0 Å². The van der Waals surface area contributed by atoms with Crippen molar-refractivity contribution in [2.75, 3.05) is 13.2 Å². The van der Waals surface area contributed by atoms with Gasteiger partial charge in [-0.25, -0.2) is 0 Å². The Morgan fingerprint density at radius 3 is 0.792 bits per heavy atom.